The fourth-order valence-electron chi connectivity index (χ4n) is 1.29. The van der Waals surface area contributed by atoms with E-state index in [0.29, 0.717) is 18.0 Å². The highest BCUT2D eigenvalue weighted by molar-refractivity contribution is 5.87. The van der Waals surface area contributed by atoms with Crippen LogP contribution >= 0.6 is 0 Å². The van der Waals surface area contributed by atoms with E-state index < -0.39 is 5.97 Å². The van der Waals surface area contributed by atoms with Crippen molar-refractivity contribution >= 4 is 11.9 Å². The number of allylic oxidation sites excluding steroid dienone is 1. The molecule has 0 heterocycles. The zero-order chi connectivity index (χ0) is 12.8. The largest absolute Gasteiger partial charge is 0.478 e. The topological polar surface area (TPSA) is 84.9 Å². The molecule has 0 aliphatic carbocycles. The second kappa shape index (κ2) is 5.81. The first kappa shape index (κ1) is 12.9. The van der Waals surface area contributed by atoms with Crippen LogP contribution in [0, 0.1) is 0 Å². The van der Waals surface area contributed by atoms with E-state index in [2.05, 4.69) is 16.4 Å². The van der Waals surface area contributed by atoms with Crippen molar-refractivity contribution in [1.29, 1.82) is 0 Å². The number of hydrogen-bond donors (Lipinski definition) is 2. The summed E-state index contributed by atoms with van der Waals surface area (Å²) in [6, 6.07) is 6.54. The number of aromatic carboxylic acids is 1. The summed E-state index contributed by atoms with van der Waals surface area (Å²) in [4.78, 5) is 19.1. The van der Waals surface area contributed by atoms with Gasteiger partial charge in [-0.15, -0.1) is 0 Å². The molecule has 17 heavy (non-hydrogen) atoms. The maximum absolute atomic E-state index is 10.6. The minimum Gasteiger partial charge on any atom is -0.478 e. The van der Waals surface area contributed by atoms with Crippen LogP contribution in [0.3, 0.4) is 0 Å². The lowest BCUT2D eigenvalue weighted by Gasteiger charge is -2.03. The van der Waals surface area contributed by atoms with Gasteiger partial charge in [0.1, 0.15) is 0 Å². The summed E-state index contributed by atoms with van der Waals surface area (Å²) in [5, 5.41) is 8.74. The molecule has 3 N–H and O–H groups in total. The summed E-state index contributed by atoms with van der Waals surface area (Å²) in [7, 11) is 0. The Morgan fingerprint density at radius 3 is 2.53 bits per heavy atom. The number of aliphatic imine (C=N–C) groups is 1. The number of hydrogen-bond acceptors (Lipinski definition) is 4. The van der Waals surface area contributed by atoms with Gasteiger partial charge in [-0.1, -0.05) is 18.7 Å². The van der Waals surface area contributed by atoms with Crippen LogP contribution in [0.4, 0.5) is 0 Å². The average Bonchev–Trinajstić information content (AvgIpc) is 2.29. The lowest BCUT2D eigenvalue weighted by Crippen LogP contribution is -2.06. The molecule has 0 aliphatic heterocycles. The fraction of sp³-hybridized carbons (Fsp3) is 0.167. The number of rotatable bonds is 4. The molecule has 1 aromatic rings. The Bertz CT molecular complexity index is 449. The van der Waals surface area contributed by atoms with Crippen LogP contribution in [0.5, 0.6) is 0 Å². The standard InChI is InChI=1S/C12H14N2O3/c1-8(14-9(2)17-13)7-10-3-5-11(6-4-10)12(15)16/h3-6H,1,7,13H2,2H3,(H,15,16). The molecular weight excluding hydrogens is 220 g/mol. The van der Waals surface area contributed by atoms with Crippen molar-refractivity contribution in [3.05, 3.63) is 47.7 Å². The number of carboxylic acid groups (broad SMARTS) is 1. The monoisotopic (exact) mass is 234 g/mol. The number of carboxylic acids is 1. The van der Waals surface area contributed by atoms with Crippen molar-refractivity contribution in [2.75, 3.05) is 0 Å². The number of nitrogens with two attached hydrogens (primary N) is 1. The van der Waals surface area contributed by atoms with Crippen LogP contribution < -0.4 is 5.90 Å². The van der Waals surface area contributed by atoms with Crippen molar-refractivity contribution in [2.24, 2.45) is 10.9 Å². The van der Waals surface area contributed by atoms with Crippen molar-refractivity contribution in [1.82, 2.24) is 0 Å². The van der Waals surface area contributed by atoms with Crippen LogP contribution in [0.25, 0.3) is 0 Å². The molecule has 0 atom stereocenters. The van der Waals surface area contributed by atoms with Gasteiger partial charge in [-0.2, -0.15) is 5.90 Å². The van der Waals surface area contributed by atoms with Crippen LogP contribution in [0.2, 0.25) is 0 Å². The van der Waals surface area contributed by atoms with E-state index in [4.69, 9.17) is 11.0 Å². The SMILES string of the molecule is C=C(Cc1ccc(C(=O)O)cc1)N=C(C)ON. The highest BCUT2D eigenvalue weighted by atomic mass is 16.6. The number of carbonyl (C=O) groups is 1. The van der Waals surface area contributed by atoms with E-state index in [9.17, 15) is 4.79 Å². The summed E-state index contributed by atoms with van der Waals surface area (Å²) in [6.45, 7) is 5.38. The summed E-state index contributed by atoms with van der Waals surface area (Å²) in [5.41, 5.74) is 1.77. The molecular formula is C12H14N2O3. The van der Waals surface area contributed by atoms with Gasteiger partial charge in [0.05, 0.1) is 5.56 Å². The maximum atomic E-state index is 10.6. The van der Waals surface area contributed by atoms with E-state index >= 15 is 0 Å². The minimum absolute atomic E-state index is 0.254. The van der Waals surface area contributed by atoms with Gasteiger partial charge < -0.3 is 9.94 Å². The Labute approximate surface area is 99.2 Å². The van der Waals surface area contributed by atoms with Gasteiger partial charge in [-0.05, 0) is 17.7 Å². The molecule has 0 saturated carbocycles. The first-order chi connectivity index (χ1) is 8.02. The number of benzene rings is 1. The third-order valence-corrected chi connectivity index (χ3v) is 2.10. The van der Waals surface area contributed by atoms with Crippen LogP contribution in [-0.4, -0.2) is 17.0 Å². The van der Waals surface area contributed by atoms with Crippen molar-refractivity contribution in [2.45, 2.75) is 13.3 Å². The van der Waals surface area contributed by atoms with Gasteiger partial charge >= 0.3 is 5.97 Å². The highest BCUT2D eigenvalue weighted by Crippen LogP contribution is 2.10. The molecule has 0 aromatic heterocycles. The number of nitrogens with zero attached hydrogens (tertiary/aromatic N) is 1. The van der Waals surface area contributed by atoms with Crippen molar-refractivity contribution in [3.63, 3.8) is 0 Å². The summed E-state index contributed by atoms with van der Waals surface area (Å²) in [5.74, 6) is 4.32. The molecule has 0 unspecified atom stereocenters. The first-order valence-electron chi connectivity index (χ1n) is 4.95. The third-order valence-electron chi connectivity index (χ3n) is 2.10. The van der Waals surface area contributed by atoms with E-state index in [1.54, 1.807) is 31.2 Å². The molecule has 0 aliphatic rings. The van der Waals surface area contributed by atoms with Crippen LogP contribution in [0.1, 0.15) is 22.8 Å². The van der Waals surface area contributed by atoms with Gasteiger partial charge in [0.2, 0.25) is 5.90 Å². The second-order valence-corrected chi connectivity index (χ2v) is 3.49. The molecule has 0 amide bonds. The van der Waals surface area contributed by atoms with Gasteiger partial charge in [0.25, 0.3) is 0 Å². The smallest absolute Gasteiger partial charge is 0.335 e. The summed E-state index contributed by atoms with van der Waals surface area (Å²) in [6.07, 6.45) is 0.514. The van der Waals surface area contributed by atoms with Crippen LogP contribution in [-0.2, 0) is 11.3 Å². The third kappa shape index (κ3) is 4.08. The molecule has 0 fully saturated rings. The van der Waals surface area contributed by atoms with Gasteiger partial charge in [-0.3, -0.25) is 0 Å². The first-order valence-corrected chi connectivity index (χ1v) is 4.95. The Morgan fingerprint density at radius 2 is 2.06 bits per heavy atom. The zero-order valence-electron chi connectivity index (χ0n) is 9.51. The minimum atomic E-state index is -0.944. The van der Waals surface area contributed by atoms with E-state index in [1.807, 2.05) is 0 Å². The quantitative estimate of drug-likeness (QED) is 0.472. The summed E-state index contributed by atoms with van der Waals surface area (Å²) >= 11 is 0. The fourth-order valence-corrected chi connectivity index (χ4v) is 1.29. The predicted octanol–water partition coefficient (Wildman–Crippen LogP) is 1.75. The molecule has 0 radical (unpaired) electrons. The zero-order valence-corrected chi connectivity index (χ0v) is 9.51. The predicted molar refractivity (Wildman–Crippen MR) is 64.6 cm³/mol. The second-order valence-electron chi connectivity index (χ2n) is 3.49. The molecule has 1 rings (SSSR count). The molecule has 5 heteroatoms. The lowest BCUT2D eigenvalue weighted by molar-refractivity contribution is 0.0697. The van der Waals surface area contributed by atoms with Gasteiger partial charge in [0.15, 0.2) is 0 Å². The average molecular weight is 234 g/mol. The highest BCUT2D eigenvalue weighted by Gasteiger charge is 2.02. The summed E-state index contributed by atoms with van der Waals surface area (Å²) < 4.78 is 0. The van der Waals surface area contributed by atoms with Gasteiger partial charge in [-0.25, -0.2) is 9.79 Å². The Balaban J connectivity index is 2.70. The van der Waals surface area contributed by atoms with Crippen molar-refractivity contribution < 1.29 is 14.7 Å². The molecule has 5 nitrogen and oxygen atoms in total. The maximum Gasteiger partial charge on any atom is 0.335 e. The lowest BCUT2D eigenvalue weighted by atomic mass is 10.1. The molecule has 1 aromatic carbocycles. The van der Waals surface area contributed by atoms with E-state index in [-0.39, 0.29) is 5.56 Å². The Kier molecular flexibility index (Phi) is 4.42. The molecule has 90 valence electrons. The molecule has 0 bridgehead atoms. The Hall–Kier alpha value is -2.14. The Morgan fingerprint density at radius 1 is 1.47 bits per heavy atom. The van der Waals surface area contributed by atoms with Crippen LogP contribution in [0.15, 0.2) is 41.5 Å². The van der Waals surface area contributed by atoms with Gasteiger partial charge in [0, 0.05) is 19.0 Å². The molecule has 0 spiro atoms. The molecule has 0 saturated heterocycles. The van der Waals surface area contributed by atoms with E-state index in [0.717, 1.165) is 5.56 Å². The normalized spacial score (nSPS) is 11.1. The van der Waals surface area contributed by atoms with E-state index in [1.165, 1.54) is 0 Å². The van der Waals surface area contributed by atoms with Crippen molar-refractivity contribution in [3.8, 4) is 0 Å².